The quantitative estimate of drug-likeness (QED) is 0.100. The second-order valence-corrected chi connectivity index (χ2v) is 14.5. The number of halogens is 1. The van der Waals surface area contributed by atoms with Gasteiger partial charge in [0.15, 0.2) is 0 Å². The molecule has 11 heteroatoms. The first kappa shape index (κ1) is 41.1. The molecule has 9 nitrogen and oxygen atoms in total. The number of amides is 2. The topological polar surface area (TPSA) is 121 Å². The number of benzene rings is 1. The summed E-state index contributed by atoms with van der Waals surface area (Å²) in [5.74, 6) is -1.47. The number of carboxylic acid groups (broad SMARTS) is 1. The summed E-state index contributed by atoms with van der Waals surface area (Å²) in [6.07, 6.45) is 7.21. The van der Waals surface area contributed by atoms with Crippen molar-refractivity contribution in [2.45, 2.75) is 131 Å². The molecule has 0 bridgehead atoms. The van der Waals surface area contributed by atoms with E-state index in [1.165, 1.54) is 17.4 Å². The van der Waals surface area contributed by atoms with Crippen LogP contribution in [0.25, 0.3) is 0 Å². The molecule has 3 unspecified atom stereocenters. The summed E-state index contributed by atoms with van der Waals surface area (Å²) in [7, 11) is 1.63. The molecule has 1 heterocycles. The molecule has 0 aliphatic carbocycles. The molecule has 48 heavy (non-hydrogen) atoms. The van der Waals surface area contributed by atoms with Gasteiger partial charge >= 0.3 is 5.97 Å². The zero-order valence-electron chi connectivity index (χ0n) is 30.4. The van der Waals surface area contributed by atoms with Gasteiger partial charge in [-0.1, -0.05) is 59.4 Å². The number of aromatic nitrogens is 1. The highest BCUT2D eigenvalue weighted by atomic mass is 32.1. The first-order chi connectivity index (χ1) is 22.8. The van der Waals surface area contributed by atoms with Crippen LogP contribution >= 0.6 is 11.3 Å². The highest BCUT2D eigenvalue weighted by molar-refractivity contribution is 7.09. The molecule has 0 aliphatic heterocycles. The molecule has 2 rings (SSSR count). The predicted octanol–water partition coefficient (Wildman–Crippen LogP) is 8.26. The van der Waals surface area contributed by atoms with Crippen molar-refractivity contribution in [3.05, 3.63) is 45.7 Å². The number of anilines is 1. The highest BCUT2D eigenvalue weighted by Gasteiger charge is 2.33. The first-order valence-electron chi connectivity index (χ1n) is 17.6. The Balaban J connectivity index is 2.32. The summed E-state index contributed by atoms with van der Waals surface area (Å²) in [5, 5.41) is 17.9. The van der Waals surface area contributed by atoms with E-state index in [9.17, 15) is 23.9 Å². The molecule has 3 atom stereocenters. The number of carbonyl (C=O) groups excluding carboxylic acids is 2. The minimum absolute atomic E-state index is 0.0500. The molecule has 0 saturated heterocycles. The van der Waals surface area contributed by atoms with Crippen LogP contribution in [0.2, 0.25) is 0 Å². The number of rotatable bonds is 23. The molecule has 0 fully saturated rings. The van der Waals surface area contributed by atoms with Gasteiger partial charge in [-0.25, -0.2) is 9.37 Å². The molecule has 0 aliphatic rings. The average Bonchev–Trinajstić information content (AvgIpc) is 3.52. The van der Waals surface area contributed by atoms with E-state index < -0.39 is 35.3 Å². The van der Waals surface area contributed by atoms with Crippen LogP contribution in [0.15, 0.2) is 23.6 Å². The van der Waals surface area contributed by atoms with Crippen molar-refractivity contribution in [2.75, 3.05) is 25.5 Å². The highest BCUT2D eigenvalue weighted by Crippen LogP contribution is 2.32. The standard InChI is InChI=1S/C37H59FN4O5S/c1-9-12-14-15-19-42(33(43)16-13-10-2)31(25(4)5)22-32(47-11-3)35-41-30(24-48-35)34(44)40-27(23-37(6,7)36(45)46)20-26-17-18-29(39-8)28(38)21-26/h17-18,21,24-25,27,31-32,39H,9-16,19-20,22-23H2,1-8H3,(H,40,44)(H,45,46). The Bertz CT molecular complexity index is 1300. The summed E-state index contributed by atoms with van der Waals surface area (Å²) < 4.78 is 20.7. The van der Waals surface area contributed by atoms with E-state index in [2.05, 4.69) is 43.2 Å². The smallest absolute Gasteiger partial charge is 0.309 e. The molecule has 0 saturated carbocycles. The number of aliphatic carboxylic acids is 1. The van der Waals surface area contributed by atoms with Crippen LogP contribution in [0.4, 0.5) is 10.1 Å². The fourth-order valence-electron chi connectivity index (χ4n) is 5.93. The monoisotopic (exact) mass is 690 g/mol. The summed E-state index contributed by atoms with van der Waals surface area (Å²) in [6.45, 7) is 14.9. The van der Waals surface area contributed by atoms with Crippen molar-refractivity contribution in [3.8, 4) is 0 Å². The third-order valence-electron chi connectivity index (χ3n) is 8.80. The number of ether oxygens (including phenoxy) is 1. The van der Waals surface area contributed by atoms with E-state index in [0.717, 1.165) is 38.5 Å². The first-order valence-corrected chi connectivity index (χ1v) is 18.5. The molecule has 270 valence electrons. The number of hydrogen-bond donors (Lipinski definition) is 3. The number of nitrogens with one attached hydrogen (secondary N) is 2. The van der Waals surface area contributed by atoms with Crippen molar-refractivity contribution >= 4 is 34.8 Å². The molecular weight excluding hydrogens is 631 g/mol. The van der Waals surface area contributed by atoms with Gasteiger partial charge in [-0.15, -0.1) is 11.3 Å². The number of carboxylic acids is 1. The Morgan fingerprint density at radius 1 is 1.08 bits per heavy atom. The van der Waals surface area contributed by atoms with Gasteiger partial charge in [0.05, 0.1) is 11.1 Å². The minimum Gasteiger partial charge on any atom is -0.481 e. The molecule has 0 radical (unpaired) electrons. The number of thiazole rings is 1. The Kier molecular flexibility index (Phi) is 17.5. The third kappa shape index (κ3) is 12.8. The second-order valence-electron chi connectivity index (χ2n) is 13.6. The number of nitrogens with zero attached hydrogens (tertiary/aromatic N) is 2. The second kappa shape index (κ2) is 20.5. The zero-order valence-corrected chi connectivity index (χ0v) is 31.2. The van der Waals surface area contributed by atoms with Crippen LogP contribution in [-0.4, -0.2) is 65.1 Å². The third-order valence-corrected chi connectivity index (χ3v) is 9.73. The molecule has 1 aromatic heterocycles. The van der Waals surface area contributed by atoms with Crippen LogP contribution in [0.3, 0.4) is 0 Å². The lowest BCUT2D eigenvalue weighted by molar-refractivity contribution is -0.147. The fourth-order valence-corrected chi connectivity index (χ4v) is 6.78. The van der Waals surface area contributed by atoms with Crippen molar-refractivity contribution < 1.29 is 28.6 Å². The normalized spacial score (nSPS) is 13.6. The molecule has 2 amide bonds. The fraction of sp³-hybridized carbons (Fsp3) is 0.676. The minimum atomic E-state index is -1.13. The lowest BCUT2D eigenvalue weighted by Crippen LogP contribution is -2.45. The Labute approximate surface area is 291 Å². The Morgan fingerprint density at radius 3 is 2.38 bits per heavy atom. The summed E-state index contributed by atoms with van der Waals surface area (Å²) >= 11 is 1.34. The van der Waals surface area contributed by atoms with Gasteiger partial charge in [0.2, 0.25) is 5.91 Å². The summed E-state index contributed by atoms with van der Waals surface area (Å²) in [6, 6.07) is 4.15. The van der Waals surface area contributed by atoms with Crippen LogP contribution in [0.1, 0.15) is 133 Å². The van der Waals surface area contributed by atoms with Crippen molar-refractivity contribution in [1.82, 2.24) is 15.2 Å². The lowest BCUT2D eigenvalue weighted by Gasteiger charge is -2.36. The Hall–Kier alpha value is -3.05. The van der Waals surface area contributed by atoms with Crippen molar-refractivity contribution in [1.29, 1.82) is 0 Å². The van der Waals surface area contributed by atoms with Gasteiger partial charge < -0.3 is 25.4 Å². The van der Waals surface area contributed by atoms with E-state index in [4.69, 9.17) is 9.72 Å². The summed E-state index contributed by atoms with van der Waals surface area (Å²) in [5.41, 5.74) is 0.0815. The van der Waals surface area contributed by atoms with Gasteiger partial charge in [0.25, 0.3) is 5.91 Å². The van der Waals surface area contributed by atoms with Crippen molar-refractivity contribution in [3.63, 3.8) is 0 Å². The average molecular weight is 691 g/mol. The zero-order chi connectivity index (χ0) is 35.9. The van der Waals surface area contributed by atoms with Crippen LogP contribution in [0, 0.1) is 17.2 Å². The Morgan fingerprint density at radius 2 is 1.79 bits per heavy atom. The number of hydrogen-bond acceptors (Lipinski definition) is 7. The van der Waals surface area contributed by atoms with Crippen LogP contribution < -0.4 is 10.6 Å². The molecule has 3 N–H and O–H groups in total. The molecule has 1 aromatic carbocycles. The number of unbranched alkanes of at least 4 members (excludes halogenated alkanes) is 4. The maximum Gasteiger partial charge on any atom is 0.309 e. The molecular formula is C37H59FN4O5S. The van der Waals surface area contributed by atoms with E-state index in [0.29, 0.717) is 42.3 Å². The van der Waals surface area contributed by atoms with Gasteiger partial charge in [0.1, 0.15) is 22.6 Å². The maximum atomic E-state index is 14.5. The molecule has 0 spiro atoms. The van der Waals surface area contributed by atoms with Gasteiger partial charge in [-0.3, -0.25) is 14.4 Å². The van der Waals surface area contributed by atoms with Gasteiger partial charge in [0, 0.05) is 50.5 Å². The van der Waals surface area contributed by atoms with Crippen LogP contribution in [-0.2, 0) is 20.7 Å². The van der Waals surface area contributed by atoms with Crippen molar-refractivity contribution in [2.24, 2.45) is 11.3 Å². The molecule has 2 aromatic rings. The predicted molar refractivity (Wildman–Crippen MR) is 192 cm³/mol. The SMILES string of the molecule is CCCCCCN(C(=O)CCCC)C(CC(OCC)c1nc(C(=O)NC(Cc2ccc(NC)c(F)c2)CC(C)(C)C(=O)O)cs1)C(C)C. The van der Waals surface area contributed by atoms with E-state index in [-0.39, 0.29) is 36.4 Å². The van der Waals surface area contributed by atoms with E-state index in [1.807, 2.05) is 6.92 Å². The number of carbonyl (C=O) groups is 3. The summed E-state index contributed by atoms with van der Waals surface area (Å²) in [4.78, 5) is 45.8. The van der Waals surface area contributed by atoms with Gasteiger partial charge in [-0.05, 0) is 70.1 Å². The van der Waals surface area contributed by atoms with E-state index >= 15 is 0 Å². The van der Waals surface area contributed by atoms with Crippen LogP contribution in [0.5, 0.6) is 0 Å². The lowest BCUT2D eigenvalue weighted by atomic mass is 9.84. The largest absolute Gasteiger partial charge is 0.481 e. The van der Waals surface area contributed by atoms with Gasteiger partial charge in [-0.2, -0.15) is 0 Å². The maximum absolute atomic E-state index is 14.5. The van der Waals surface area contributed by atoms with E-state index in [1.54, 1.807) is 38.4 Å².